The first-order chi connectivity index (χ1) is 13.6. The number of benzene rings is 1. The van der Waals surface area contributed by atoms with E-state index in [1.54, 1.807) is 0 Å². The van der Waals surface area contributed by atoms with Crippen molar-refractivity contribution in [1.82, 2.24) is 0 Å². The molecule has 0 spiro atoms. The molecular weight excluding hydrogens is 372 g/mol. The van der Waals surface area contributed by atoms with Gasteiger partial charge in [-0.1, -0.05) is 13.8 Å². The average Bonchev–Trinajstić information content (AvgIpc) is 3.24. The zero-order valence-electron chi connectivity index (χ0n) is 17.8. The van der Waals surface area contributed by atoms with Crippen LogP contribution in [0.15, 0.2) is 18.2 Å². The molecule has 2 N–H and O–H groups in total. The number of epoxide rings is 1. The fraction of sp³-hybridized carbons (Fsp3) is 0.696. The van der Waals surface area contributed by atoms with E-state index in [0.717, 1.165) is 12.8 Å². The highest BCUT2D eigenvalue weighted by atomic mass is 16.6. The summed E-state index contributed by atoms with van der Waals surface area (Å²) in [5.41, 5.74) is -0.736. The van der Waals surface area contributed by atoms with Crippen LogP contribution >= 0.6 is 0 Å². The summed E-state index contributed by atoms with van der Waals surface area (Å²) in [6.45, 7) is 8.33. The Morgan fingerprint density at radius 2 is 1.97 bits per heavy atom. The van der Waals surface area contributed by atoms with Crippen LogP contribution < -0.4 is 4.74 Å². The van der Waals surface area contributed by atoms with Gasteiger partial charge in [0.1, 0.15) is 6.10 Å². The maximum Gasteiger partial charge on any atom is 0.338 e. The second kappa shape index (κ2) is 6.88. The molecule has 0 aromatic heterocycles. The normalized spacial score (nSPS) is 40.7. The topological polar surface area (TPSA) is 88.5 Å². The summed E-state index contributed by atoms with van der Waals surface area (Å²) < 4.78 is 17.0. The molecule has 1 aliphatic heterocycles. The molecule has 6 nitrogen and oxygen atoms in total. The van der Waals surface area contributed by atoms with Gasteiger partial charge in [0.25, 0.3) is 0 Å². The largest absolute Gasteiger partial charge is 0.504 e. The summed E-state index contributed by atoms with van der Waals surface area (Å²) in [5, 5.41) is 21.1. The van der Waals surface area contributed by atoms with Crippen molar-refractivity contribution in [2.45, 2.75) is 70.4 Å². The summed E-state index contributed by atoms with van der Waals surface area (Å²) in [5.74, 6) is 0.608. The minimum Gasteiger partial charge on any atom is -0.504 e. The maximum atomic E-state index is 12.9. The number of fused-ring (bicyclic) bond motifs is 3. The summed E-state index contributed by atoms with van der Waals surface area (Å²) in [6, 6.07) is 4.43. The third-order valence-electron chi connectivity index (χ3n) is 7.62. The van der Waals surface area contributed by atoms with Crippen molar-refractivity contribution in [3.05, 3.63) is 23.8 Å². The van der Waals surface area contributed by atoms with Crippen LogP contribution in [-0.2, 0) is 9.47 Å². The Bertz CT molecular complexity index is 803. The number of phenols is 1. The van der Waals surface area contributed by atoms with Crippen LogP contribution in [0.25, 0.3) is 0 Å². The van der Waals surface area contributed by atoms with E-state index >= 15 is 0 Å². The lowest BCUT2D eigenvalue weighted by molar-refractivity contribution is -0.0657. The van der Waals surface area contributed by atoms with Crippen LogP contribution in [0.5, 0.6) is 11.5 Å². The molecule has 1 aromatic rings. The van der Waals surface area contributed by atoms with Crippen LogP contribution in [0.4, 0.5) is 0 Å². The van der Waals surface area contributed by atoms with Crippen molar-refractivity contribution in [3.8, 4) is 11.5 Å². The molecule has 3 aliphatic rings. The number of methoxy groups -OCH3 is 1. The van der Waals surface area contributed by atoms with Gasteiger partial charge in [-0.25, -0.2) is 4.79 Å². The van der Waals surface area contributed by atoms with Gasteiger partial charge in [0, 0.05) is 6.42 Å². The molecule has 0 bridgehead atoms. The van der Waals surface area contributed by atoms with Gasteiger partial charge >= 0.3 is 5.97 Å². The van der Waals surface area contributed by atoms with E-state index in [1.165, 1.54) is 25.3 Å². The number of aromatic hydroxyl groups is 1. The molecule has 0 unspecified atom stereocenters. The molecule has 160 valence electrons. The van der Waals surface area contributed by atoms with E-state index in [-0.39, 0.29) is 47.1 Å². The number of carbonyl (C=O) groups excluding carboxylic acids is 1. The zero-order valence-corrected chi connectivity index (χ0v) is 17.8. The fourth-order valence-corrected chi connectivity index (χ4v) is 5.76. The molecule has 1 aromatic carbocycles. The maximum absolute atomic E-state index is 12.9. The zero-order chi connectivity index (χ0) is 21.1. The van der Waals surface area contributed by atoms with Gasteiger partial charge in [-0.2, -0.15) is 0 Å². The minimum atomic E-state index is -0.911. The first-order valence-corrected chi connectivity index (χ1v) is 10.5. The third-order valence-corrected chi connectivity index (χ3v) is 7.62. The predicted octanol–water partition coefficient (Wildman–Crippen LogP) is 3.54. The Labute approximate surface area is 172 Å². The van der Waals surface area contributed by atoms with Crippen molar-refractivity contribution in [3.63, 3.8) is 0 Å². The molecule has 7 atom stereocenters. The molecule has 1 saturated heterocycles. The molecule has 29 heavy (non-hydrogen) atoms. The van der Waals surface area contributed by atoms with Gasteiger partial charge in [0.15, 0.2) is 11.5 Å². The van der Waals surface area contributed by atoms with E-state index in [4.69, 9.17) is 14.2 Å². The van der Waals surface area contributed by atoms with Crippen molar-refractivity contribution >= 4 is 5.97 Å². The highest BCUT2D eigenvalue weighted by Crippen LogP contribution is 2.63. The molecule has 2 aliphatic carbocycles. The molecule has 4 rings (SSSR count). The summed E-state index contributed by atoms with van der Waals surface area (Å²) in [7, 11) is 1.44. The number of esters is 1. The van der Waals surface area contributed by atoms with E-state index < -0.39 is 11.6 Å². The van der Waals surface area contributed by atoms with Crippen molar-refractivity contribution in [2.24, 2.45) is 23.7 Å². The van der Waals surface area contributed by atoms with Gasteiger partial charge in [-0.3, -0.25) is 0 Å². The second-order valence-corrected chi connectivity index (χ2v) is 9.77. The number of hydrogen-bond donors (Lipinski definition) is 2. The Kier molecular flexibility index (Phi) is 4.86. The Balaban J connectivity index is 1.59. The molecule has 6 heteroatoms. The SMILES string of the molecule is COc1cc(C(=O)O[C@@H]2C[C@@](C)(O)[C@@H]3C[C@H]4O[C@@]4(C)[C@H]3C[C@@H]2C(C)C)ccc1O. The highest BCUT2D eigenvalue weighted by molar-refractivity contribution is 5.90. The standard InChI is InChI=1S/C23H32O6/c1-12(2)14-9-16-15(10-20-23(16,4)29-20)22(3,26)11-19(14)28-21(25)13-6-7-17(24)18(8-13)27-5/h6-8,12,14-16,19-20,24,26H,9-11H2,1-5H3/t14-,15-,16+,19-,20-,22-,23+/m1/s1. The smallest absolute Gasteiger partial charge is 0.338 e. The average molecular weight is 405 g/mol. The van der Waals surface area contributed by atoms with Gasteiger partial charge < -0.3 is 24.4 Å². The number of aliphatic hydroxyl groups is 1. The van der Waals surface area contributed by atoms with E-state index in [2.05, 4.69) is 20.8 Å². The molecule has 0 radical (unpaired) electrons. The first kappa shape index (κ1) is 20.5. The van der Waals surface area contributed by atoms with Gasteiger partial charge in [-0.15, -0.1) is 0 Å². The minimum absolute atomic E-state index is 0.0263. The van der Waals surface area contributed by atoms with Crippen LogP contribution in [0.1, 0.15) is 57.3 Å². The predicted molar refractivity (Wildman–Crippen MR) is 107 cm³/mol. The van der Waals surface area contributed by atoms with E-state index in [1.807, 2.05) is 6.92 Å². The van der Waals surface area contributed by atoms with Crippen LogP contribution in [0, 0.1) is 23.7 Å². The van der Waals surface area contributed by atoms with Crippen LogP contribution in [0.3, 0.4) is 0 Å². The van der Waals surface area contributed by atoms with Crippen molar-refractivity contribution in [2.75, 3.05) is 7.11 Å². The number of carbonyl (C=O) groups is 1. The van der Waals surface area contributed by atoms with Gasteiger partial charge in [0.2, 0.25) is 0 Å². The second-order valence-electron chi connectivity index (χ2n) is 9.77. The molecule has 1 heterocycles. The van der Waals surface area contributed by atoms with E-state index in [0.29, 0.717) is 17.9 Å². The lowest BCUT2D eigenvalue weighted by Gasteiger charge is -2.35. The summed E-state index contributed by atoms with van der Waals surface area (Å²) >= 11 is 0. The summed E-state index contributed by atoms with van der Waals surface area (Å²) in [6.07, 6.45) is 2.03. The van der Waals surface area contributed by atoms with Crippen molar-refractivity contribution in [1.29, 1.82) is 0 Å². The number of rotatable bonds is 4. The van der Waals surface area contributed by atoms with Crippen LogP contribution in [-0.4, -0.2) is 46.7 Å². The molecule has 0 amide bonds. The van der Waals surface area contributed by atoms with E-state index in [9.17, 15) is 15.0 Å². The Morgan fingerprint density at radius 1 is 1.24 bits per heavy atom. The van der Waals surface area contributed by atoms with Gasteiger partial charge in [0.05, 0.1) is 30.0 Å². The molecule has 3 fully saturated rings. The highest BCUT2D eigenvalue weighted by Gasteiger charge is 2.69. The fourth-order valence-electron chi connectivity index (χ4n) is 5.76. The number of hydrogen-bond acceptors (Lipinski definition) is 6. The molecule has 2 saturated carbocycles. The van der Waals surface area contributed by atoms with Crippen LogP contribution in [0.2, 0.25) is 0 Å². The van der Waals surface area contributed by atoms with Gasteiger partial charge in [-0.05, 0) is 68.6 Å². The number of phenolic OH excluding ortho intramolecular Hbond substituents is 1. The Hall–Kier alpha value is -1.79. The summed E-state index contributed by atoms with van der Waals surface area (Å²) in [4.78, 5) is 12.9. The third kappa shape index (κ3) is 3.40. The number of ether oxygens (including phenoxy) is 3. The van der Waals surface area contributed by atoms with Crippen molar-refractivity contribution < 1.29 is 29.2 Å². The monoisotopic (exact) mass is 404 g/mol. The Morgan fingerprint density at radius 3 is 2.62 bits per heavy atom. The quantitative estimate of drug-likeness (QED) is 0.589. The lowest BCUT2D eigenvalue weighted by atomic mass is 9.76. The molecular formula is C23H32O6. The first-order valence-electron chi connectivity index (χ1n) is 10.5. The lowest BCUT2D eigenvalue weighted by Crippen LogP contribution is -2.41.